The third-order valence-corrected chi connectivity index (χ3v) is 1.96. The summed E-state index contributed by atoms with van der Waals surface area (Å²) in [7, 11) is 1.75. The number of thiocarbonyl (C=S) groups is 1. The van der Waals surface area contributed by atoms with Crippen LogP contribution in [0.2, 0.25) is 0 Å². The Balaban J connectivity index is 3.02. The van der Waals surface area contributed by atoms with Gasteiger partial charge in [0.1, 0.15) is 5.82 Å². The molecule has 0 saturated carbocycles. The predicted molar refractivity (Wildman–Crippen MR) is 58.7 cm³/mol. The molecule has 2 N–H and O–H groups in total. The molecule has 1 amide bonds. The van der Waals surface area contributed by atoms with E-state index in [-0.39, 0.29) is 6.03 Å². The quantitative estimate of drug-likeness (QED) is 0.734. The lowest BCUT2D eigenvalue weighted by Gasteiger charge is -2.05. The Bertz CT molecular complexity index is 347. The van der Waals surface area contributed by atoms with Crippen molar-refractivity contribution >= 4 is 29.6 Å². The Hall–Kier alpha value is -1.43. The fourth-order valence-electron chi connectivity index (χ4n) is 1.17. The molecule has 0 atom stereocenters. The normalized spacial score (nSPS) is 9.57. The summed E-state index contributed by atoms with van der Waals surface area (Å²) in [6.07, 6.45) is 2.48. The molecule has 0 aliphatic rings. The molecular weight excluding hydrogens is 200 g/mol. The minimum atomic E-state index is -0.357. The maximum Gasteiger partial charge on any atom is 0.348 e. The van der Waals surface area contributed by atoms with Gasteiger partial charge in [-0.3, -0.25) is 0 Å². The molecule has 0 fully saturated rings. The Kier molecular flexibility index (Phi) is 3.58. The van der Waals surface area contributed by atoms with Crippen LogP contribution in [0.25, 0.3) is 0 Å². The molecule has 0 radical (unpaired) electrons. The summed E-state index contributed by atoms with van der Waals surface area (Å²) in [5.41, 5.74) is 2.15. The first-order valence-corrected chi connectivity index (χ1v) is 4.70. The lowest BCUT2D eigenvalue weighted by Crippen LogP contribution is -2.28. The molecule has 0 unspecified atom stereocenters. The highest BCUT2D eigenvalue weighted by Gasteiger charge is 2.12. The molecule has 0 aromatic carbocycles. The van der Waals surface area contributed by atoms with E-state index in [9.17, 15) is 4.79 Å². The van der Waals surface area contributed by atoms with Crippen LogP contribution in [0.4, 0.5) is 10.6 Å². The van der Waals surface area contributed by atoms with Crippen molar-refractivity contribution in [2.45, 2.75) is 13.3 Å². The zero-order valence-electron chi connectivity index (χ0n) is 8.07. The predicted octanol–water partition coefficient (Wildman–Crippen LogP) is 1.00. The van der Waals surface area contributed by atoms with Crippen molar-refractivity contribution in [2.75, 3.05) is 12.4 Å². The summed E-state index contributed by atoms with van der Waals surface area (Å²) < 4.78 is 1.25. The minimum absolute atomic E-state index is 0.357. The Morgan fingerprint density at radius 3 is 3.00 bits per heavy atom. The number of hydrogen-bond donors (Lipinski definition) is 2. The molecular formula is C8H12N4OS. The van der Waals surface area contributed by atoms with Crippen LogP contribution in [-0.4, -0.2) is 28.4 Å². The highest BCUT2D eigenvalue weighted by Crippen LogP contribution is 2.14. The van der Waals surface area contributed by atoms with E-state index in [4.69, 9.17) is 0 Å². The van der Waals surface area contributed by atoms with E-state index in [1.807, 2.05) is 6.92 Å². The van der Waals surface area contributed by atoms with E-state index < -0.39 is 0 Å². The van der Waals surface area contributed by atoms with Crippen LogP contribution in [0.15, 0.2) is 6.20 Å². The van der Waals surface area contributed by atoms with E-state index in [0.717, 1.165) is 17.5 Å². The van der Waals surface area contributed by atoms with Gasteiger partial charge in [0.25, 0.3) is 0 Å². The zero-order chi connectivity index (χ0) is 10.6. The van der Waals surface area contributed by atoms with Crippen LogP contribution in [-0.2, 0) is 6.42 Å². The van der Waals surface area contributed by atoms with Gasteiger partial charge in [-0.1, -0.05) is 19.1 Å². The lowest BCUT2D eigenvalue weighted by molar-refractivity contribution is 0.245. The molecule has 0 aliphatic heterocycles. The number of amides is 1. The van der Waals surface area contributed by atoms with Crippen LogP contribution in [0, 0.1) is 0 Å². The summed E-state index contributed by atoms with van der Waals surface area (Å²) in [4.78, 5) is 11.4. The van der Waals surface area contributed by atoms with Gasteiger partial charge in [0.2, 0.25) is 0 Å². The van der Waals surface area contributed by atoms with Crippen molar-refractivity contribution in [1.29, 1.82) is 0 Å². The van der Waals surface area contributed by atoms with Crippen LogP contribution in [0.3, 0.4) is 0 Å². The smallest absolute Gasteiger partial charge is 0.348 e. The first-order chi connectivity index (χ1) is 6.74. The van der Waals surface area contributed by atoms with Gasteiger partial charge in [-0.25, -0.2) is 4.79 Å². The number of hydrogen-bond acceptors (Lipinski definition) is 4. The molecule has 1 rings (SSSR count). The standard InChI is InChI=1S/C8H12N4OS/c1-3-6-4-11-12(7(6)9-2)8(13)10-5-14/h4-5,9H,3H2,1-2H3,(H,10,13,14). The van der Waals surface area contributed by atoms with E-state index in [0.29, 0.717) is 5.82 Å². The molecule has 1 aromatic heterocycles. The van der Waals surface area contributed by atoms with E-state index in [1.165, 1.54) is 4.68 Å². The molecule has 0 bridgehead atoms. The second kappa shape index (κ2) is 4.71. The molecule has 14 heavy (non-hydrogen) atoms. The highest BCUT2D eigenvalue weighted by atomic mass is 32.1. The topological polar surface area (TPSA) is 59.0 Å². The Morgan fingerprint density at radius 2 is 2.50 bits per heavy atom. The van der Waals surface area contributed by atoms with Gasteiger partial charge in [0, 0.05) is 12.6 Å². The summed E-state index contributed by atoms with van der Waals surface area (Å²) in [5.74, 6) is 0.696. The van der Waals surface area contributed by atoms with E-state index in [2.05, 4.69) is 28.0 Å². The number of carbonyl (C=O) groups excluding carboxylic acids is 1. The number of carbonyl (C=O) groups is 1. The molecule has 1 heterocycles. The summed E-state index contributed by atoms with van der Waals surface area (Å²) in [6.45, 7) is 2.00. The fraction of sp³-hybridized carbons (Fsp3) is 0.375. The van der Waals surface area contributed by atoms with Crippen LogP contribution in [0.1, 0.15) is 12.5 Å². The van der Waals surface area contributed by atoms with Crippen LogP contribution in [0.5, 0.6) is 0 Å². The van der Waals surface area contributed by atoms with E-state index >= 15 is 0 Å². The Labute approximate surface area is 87.5 Å². The first-order valence-electron chi connectivity index (χ1n) is 4.23. The zero-order valence-corrected chi connectivity index (χ0v) is 8.89. The van der Waals surface area contributed by atoms with Crippen LogP contribution >= 0.6 is 12.2 Å². The van der Waals surface area contributed by atoms with Gasteiger partial charge in [0.05, 0.1) is 11.7 Å². The molecule has 6 heteroatoms. The molecule has 0 spiro atoms. The third kappa shape index (κ3) is 1.90. The molecule has 0 aliphatic carbocycles. The number of rotatable bonds is 3. The molecule has 0 saturated heterocycles. The number of nitrogens with zero attached hydrogens (tertiary/aromatic N) is 2. The second-order valence-electron chi connectivity index (χ2n) is 2.60. The summed E-state index contributed by atoms with van der Waals surface area (Å²) >= 11 is 4.52. The van der Waals surface area contributed by atoms with Crippen molar-refractivity contribution in [3.8, 4) is 0 Å². The van der Waals surface area contributed by atoms with Gasteiger partial charge < -0.3 is 10.6 Å². The van der Waals surface area contributed by atoms with Crippen LogP contribution < -0.4 is 10.6 Å². The molecule has 5 nitrogen and oxygen atoms in total. The molecule has 76 valence electrons. The van der Waals surface area contributed by atoms with Crippen molar-refractivity contribution in [1.82, 2.24) is 15.1 Å². The average molecular weight is 212 g/mol. The van der Waals surface area contributed by atoms with Gasteiger partial charge in [0.15, 0.2) is 0 Å². The van der Waals surface area contributed by atoms with Gasteiger partial charge in [-0.15, -0.1) is 0 Å². The first kappa shape index (κ1) is 10.6. The largest absolute Gasteiger partial charge is 0.373 e. The van der Waals surface area contributed by atoms with Gasteiger partial charge in [-0.2, -0.15) is 9.78 Å². The van der Waals surface area contributed by atoms with Gasteiger partial charge in [-0.05, 0) is 6.42 Å². The van der Waals surface area contributed by atoms with Gasteiger partial charge >= 0.3 is 6.03 Å². The van der Waals surface area contributed by atoms with Crippen molar-refractivity contribution in [3.63, 3.8) is 0 Å². The number of aromatic nitrogens is 2. The maximum absolute atomic E-state index is 11.4. The van der Waals surface area contributed by atoms with Crippen molar-refractivity contribution in [2.24, 2.45) is 0 Å². The monoisotopic (exact) mass is 212 g/mol. The summed E-state index contributed by atoms with van der Waals surface area (Å²) in [6, 6.07) is -0.357. The maximum atomic E-state index is 11.4. The summed E-state index contributed by atoms with van der Waals surface area (Å²) in [5, 5.41) is 9.26. The van der Waals surface area contributed by atoms with E-state index in [1.54, 1.807) is 13.2 Å². The molecule has 1 aromatic rings. The average Bonchev–Trinajstić information content (AvgIpc) is 2.60. The fourth-order valence-corrected chi connectivity index (χ4v) is 1.27. The Morgan fingerprint density at radius 1 is 1.79 bits per heavy atom. The highest BCUT2D eigenvalue weighted by molar-refractivity contribution is 7.78. The third-order valence-electron chi connectivity index (χ3n) is 1.84. The number of aryl methyl sites for hydroxylation is 1. The minimum Gasteiger partial charge on any atom is -0.373 e. The number of anilines is 1. The van der Waals surface area contributed by atoms with Crippen molar-refractivity contribution < 1.29 is 4.79 Å². The second-order valence-corrected chi connectivity index (χ2v) is 2.84. The lowest BCUT2D eigenvalue weighted by atomic mass is 10.2. The SMILES string of the molecule is CCc1cnn(C(=O)NC=S)c1NC. The number of nitrogens with one attached hydrogen (secondary N) is 2. The van der Waals surface area contributed by atoms with Crippen molar-refractivity contribution in [3.05, 3.63) is 11.8 Å².